The number of hydrogen-bond acceptors (Lipinski definition) is 4. The highest BCUT2D eigenvalue weighted by Crippen LogP contribution is 2.31. The summed E-state index contributed by atoms with van der Waals surface area (Å²) in [5, 5.41) is 9.78. The molecule has 0 amide bonds. The van der Waals surface area contributed by atoms with Gasteiger partial charge >= 0.3 is 6.18 Å². The Bertz CT molecular complexity index is 602. The van der Waals surface area contributed by atoms with Crippen molar-refractivity contribution in [3.8, 4) is 0 Å². The molecule has 2 aliphatic heterocycles. The third kappa shape index (κ3) is 5.44. The highest BCUT2D eigenvalue weighted by atomic mass is 19.4. The number of halogens is 3. The Morgan fingerprint density at radius 3 is 2.30 bits per heavy atom. The molecule has 1 aromatic carbocycles. The van der Waals surface area contributed by atoms with Crippen LogP contribution in [0.25, 0.3) is 0 Å². The van der Waals surface area contributed by atoms with Crippen LogP contribution >= 0.6 is 0 Å². The van der Waals surface area contributed by atoms with Gasteiger partial charge in [-0.05, 0) is 30.0 Å². The molecule has 0 spiro atoms. The van der Waals surface area contributed by atoms with Crippen LogP contribution < -0.4 is 0 Å². The summed E-state index contributed by atoms with van der Waals surface area (Å²) < 4.78 is 38.8. The van der Waals surface area contributed by atoms with Crippen LogP contribution in [0, 0.1) is 11.8 Å². The van der Waals surface area contributed by atoms with E-state index in [-0.39, 0.29) is 12.5 Å². The number of benzene rings is 1. The van der Waals surface area contributed by atoms with Gasteiger partial charge in [-0.1, -0.05) is 25.1 Å². The van der Waals surface area contributed by atoms with E-state index in [4.69, 9.17) is 0 Å². The number of hydrogen-bond donors (Lipinski definition) is 1. The van der Waals surface area contributed by atoms with E-state index in [2.05, 4.69) is 21.6 Å². The van der Waals surface area contributed by atoms with E-state index in [1.807, 2.05) is 0 Å². The molecule has 2 heterocycles. The first kappa shape index (κ1) is 20.6. The maximum absolute atomic E-state index is 12.9. The van der Waals surface area contributed by atoms with Crippen molar-refractivity contribution < 1.29 is 18.3 Å². The molecule has 1 aromatic rings. The zero-order valence-corrected chi connectivity index (χ0v) is 16.0. The molecule has 0 radical (unpaired) electrons. The van der Waals surface area contributed by atoms with Crippen molar-refractivity contribution in [3.05, 3.63) is 35.4 Å². The van der Waals surface area contributed by atoms with Crippen LogP contribution in [0.4, 0.5) is 13.2 Å². The molecular weight excluding hydrogens is 355 g/mol. The second-order valence-electron chi connectivity index (χ2n) is 7.83. The summed E-state index contributed by atoms with van der Waals surface area (Å²) in [6.45, 7) is 10.7. The Balaban J connectivity index is 1.56. The monoisotopic (exact) mass is 385 g/mol. The first-order valence-electron chi connectivity index (χ1n) is 9.83. The smallest absolute Gasteiger partial charge is 0.396 e. The second-order valence-corrected chi connectivity index (χ2v) is 7.83. The minimum atomic E-state index is -4.31. The van der Waals surface area contributed by atoms with E-state index < -0.39 is 11.7 Å². The van der Waals surface area contributed by atoms with Crippen LogP contribution in [-0.2, 0) is 12.7 Å². The van der Waals surface area contributed by atoms with E-state index in [9.17, 15) is 18.3 Å². The van der Waals surface area contributed by atoms with Gasteiger partial charge in [-0.3, -0.25) is 4.90 Å². The summed E-state index contributed by atoms with van der Waals surface area (Å²) in [5.41, 5.74) is 0.0852. The van der Waals surface area contributed by atoms with E-state index in [1.165, 1.54) is 12.1 Å². The third-order valence-electron chi connectivity index (χ3n) is 5.95. The average Bonchev–Trinajstić information content (AvgIpc) is 3.03. The lowest BCUT2D eigenvalue weighted by molar-refractivity contribution is -0.137. The summed E-state index contributed by atoms with van der Waals surface area (Å²) in [5.74, 6) is 0.564. The molecule has 152 valence electrons. The van der Waals surface area contributed by atoms with Crippen LogP contribution in [0.2, 0.25) is 0 Å². The summed E-state index contributed by atoms with van der Waals surface area (Å²) in [6, 6.07) is 5.58. The molecule has 2 fully saturated rings. The van der Waals surface area contributed by atoms with Gasteiger partial charge in [-0.2, -0.15) is 13.2 Å². The van der Waals surface area contributed by atoms with Crippen molar-refractivity contribution in [2.24, 2.45) is 11.8 Å². The first-order chi connectivity index (χ1) is 12.9. The third-order valence-corrected chi connectivity index (χ3v) is 5.95. The van der Waals surface area contributed by atoms with Crippen molar-refractivity contribution in [1.82, 2.24) is 14.7 Å². The van der Waals surface area contributed by atoms with Crippen molar-refractivity contribution in [2.45, 2.75) is 19.6 Å². The zero-order chi connectivity index (χ0) is 19.4. The summed E-state index contributed by atoms with van der Waals surface area (Å²) in [6.07, 6.45) is -4.31. The Kier molecular flexibility index (Phi) is 6.78. The van der Waals surface area contributed by atoms with E-state index >= 15 is 0 Å². The molecular formula is C20H30F3N3O. The molecule has 0 aliphatic carbocycles. The van der Waals surface area contributed by atoms with Gasteiger partial charge in [0, 0.05) is 59.0 Å². The normalized spacial score (nSPS) is 26.0. The molecule has 1 N–H and O–H groups in total. The maximum Gasteiger partial charge on any atom is 0.416 e. The van der Waals surface area contributed by atoms with Gasteiger partial charge in [0.05, 0.1) is 5.56 Å². The number of likely N-dealkylation sites (tertiary alicyclic amines) is 1. The minimum absolute atomic E-state index is 0.138. The van der Waals surface area contributed by atoms with Gasteiger partial charge < -0.3 is 14.9 Å². The lowest BCUT2D eigenvalue weighted by Crippen LogP contribution is -2.48. The molecule has 2 atom stereocenters. The highest BCUT2D eigenvalue weighted by molar-refractivity contribution is 5.25. The molecule has 0 bridgehead atoms. The zero-order valence-electron chi connectivity index (χ0n) is 16.0. The standard InChI is InChI=1S/C20H30F3N3O/c1-2-24-6-8-25(9-7-24)12-17-13-26(14-18(17)15-27)11-16-4-3-5-19(10-16)20(21,22)23/h3-5,10,17-18,27H,2,6-9,11-15H2,1H3/t17-,18-/m1/s1. The topological polar surface area (TPSA) is 30.0 Å². The van der Waals surface area contributed by atoms with Crippen LogP contribution in [0.5, 0.6) is 0 Å². The van der Waals surface area contributed by atoms with Crippen molar-refractivity contribution in [2.75, 3.05) is 59.0 Å². The van der Waals surface area contributed by atoms with Crippen LogP contribution in [-0.4, -0.2) is 78.8 Å². The molecule has 7 heteroatoms. The Labute approximate surface area is 159 Å². The Morgan fingerprint density at radius 1 is 1.00 bits per heavy atom. The number of likely N-dealkylation sites (N-methyl/N-ethyl adjacent to an activating group) is 1. The van der Waals surface area contributed by atoms with E-state index in [0.29, 0.717) is 18.0 Å². The molecule has 3 rings (SSSR count). The summed E-state index contributed by atoms with van der Waals surface area (Å²) in [4.78, 5) is 7.09. The van der Waals surface area contributed by atoms with Crippen molar-refractivity contribution >= 4 is 0 Å². The molecule has 0 saturated carbocycles. The summed E-state index contributed by atoms with van der Waals surface area (Å²) >= 11 is 0. The fourth-order valence-corrected chi connectivity index (χ4v) is 4.30. The Hall–Kier alpha value is -1.15. The van der Waals surface area contributed by atoms with Crippen LogP contribution in [0.3, 0.4) is 0 Å². The fraction of sp³-hybridized carbons (Fsp3) is 0.700. The molecule has 2 aliphatic rings. The highest BCUT2D eigenvalue weighted by Gasteiger charge is 2.34. The molecule has 2 saturated heterocycles. The number of aliphatic hydroxyl groups is 1. The van der Waals surface area contributed by atoms with Gasteiger partial charge in [-0.25, -0.2) is 0 Å². The van der Waals surface area contributed by atoms with Crippen molar-refractivity contribution in [3.63, 3.8) is 0 Å². The van der Waals surface area contributed by atoms with Gasteiger partial charge in [0.25, 0.3) is 0 Å². The predicted octanol–water partition coefficient (Wildman–Crippen LogP) is 2.38. The predicted molar refractivity (Wildman–Crippen MR) is 99.3 cm³/mol. The van der Waals surface area contributed by atoms with Crippen molar-refractivity contribution in [1.29, 1.82) is 0 Å². The van der Waals surface area contributed by atoms with Gasteiger partial charge in [0.15, 0.2) is 0 Å². The van der Waals surface area contributed by atoms with Gasteiger partial charge in [-0.15, -0.1) is 0 Å². The number of piperazine rings is 1. The lowest BCUT2D eigenvalue weighted by atomic mass is 9.96. The molecule has 27 heavy (non-hydrogen) atoms. The van der Waals surface area contributed by atoms with E-state index in [1.54, 1.807) is 6.07 Å². The SMILES string of the molecule is CCN1CCN(C[C@@H]2CN(Cc3cccc(C(F)(F)F)c3)C[C@@H]2CO)CC1. The quantitative estimate of drug-likeness (QED) is 0.815. The number of aliphatic hydroxyl groups excluding tert-OH is 1. The number of nitrogens with zero attached hydrogens (tertiary/aromatic N) is 3. The minimum Gasteiger partial charge on any atom is -0.396 e. The van der Waals surface area contributed by atoms with Crippen LogP contribution in [0.15, 0.2) is 24.3 Å². The number of alkyl halides is 3. The number of rotatable bonds is 6. The first-order valence-corrected chi connectivity index (χ1v) is 9.83. The summed E-state index contributed by atoms with van der Waals surface area (Å²) in [7, 11) is 0. The second kappa shape index (κ2) is 8.90. The molecule has 0 unspecified atom stereocenters. The van der Waals surface area contributed by atoms with Gasteiger partial charge in [0.2, 0.25) is 0 Å². The molecule has 4 nitrogen and oxygen atoms in total. The fourth-order valence-electron chi connectivity index (χ4n) is 4.30. The Morgan fingerprint density at radius 2 is 1.67 bits per heavy atom. The average molecular weight is 385 g/mol. The van der Waals surface area contributed by atoms with E-state index in [0.717, 1.165) is 58.4 Å². The molecule has 0 aromatic heterocycles. The lowest BCUT2D eigenvalue weighted by Gasteiger charge is -2.36. The maximum atomic E-state index is 12.9. The largest absolute Gasteiger partial charge is 0.416 e. The van der Waals surface area contributed by atoms with Crippen LogP contribution in [0.1, 0.15) is 18.1 Å². The van der Waals surface area contributed by atoms with Gasteiger partial charge in [0.1, 0.15) is 0 Å².